The third kappa shape index (κ3) is 2.15. The van der Waals surface area contributed by atoms with Crippen LogP contribution in [0.15, 0.2) is 12.1 Å². The van der Waals surface area contributed by atoms with Gasteiger partial charge in [0.05, 0.1) is 5.56 Å². The zero-order chi connectivity index (χ0) is 12.6. The van der Waals surface area contributed by atoms with Crippen molar-refractivity contribution >= 4 is 0 Å². The summed E-state index contributed by atoms with van der Waals surface area (Å²) >= 11 is 0. The van der Waals surface area contributed by atoms with Crippen LogP contribution in [-0.2, 0) is 12.3 Å². The van der Waals surface area contributed by atoms with E-state index in [2.05, 4.69) is 13.8 Å². The smallest absolute Gasteiger partial charge is 0.310 e. The van der Waals surface area contributed by atoms with Crippen LogP contribution in [0, 0.1) is 12.8 Å². The summed E-state index contributed by atoms with van der Waals surface area (Å²) in [5.74, 6) is -2.02. The largest absolute Gasteiger partial charge is 0.486 e. The number of rotatable bonds is 3. The van der Waals surface area contributed by atoms with Crippen LogP contribution in [0.2, 0.25) is 0 Å². The minimum Gasteiger partial charge on any atom is -0.486 e. The Hall–Kier alpha value is -1.12. The van der Waals surface area contributed by atoms with Gasteiger partial charge in [-0.2, -0.15) is 8.78 Å². The Morgan fingerprint density at radius 2 is 2.12 bits per heavy atom. The monoisotopic (exact) mass is 240 g/mol. The third-order valence-corrected chi connectivity index (χ3v) is 3.47. The van der Waals surface area contributed by atoms with Crippen LogP contribution in [-0.4, -0.2) is 6.61 Å². The fourth-order valence-electron chi connectivity index (χ4n) is 2.24. The summed E-state index contributed by atoms with van der Waals surface area (Å²) < 4.78 is 32.8. The van der Waals surface area contributed by atoms with Crippen LogP contribution in [0.3, 0.4) is 0 Å². The van der Waals surface area contributed by atoms with E-state index >= 15 is 0 Å². The first-order valence-electron chi connectivity index (χ1n) is 6.09. The number of fused-ring (bicyclic) bond motifs is 1. The lowest BCUT2D eigenvalue weighted by molar-refractivity contribution is -0.0220. The van der Waals surface area contributed by atoms with Crippen LogP contribution >= 0.6 is 0 Å². The molecule has 0 amide bonds. The molecule has 0 radical (unpaired) electrons. The van der Waals surface area contributed by atoms with Gasteiger partial charge in [-0.3, -0.25) is 0 Å². The van der Waals surface area contributed by atoms with Crippen molar-refractivity contribution in [2.75, 3.05) is 6.61 Å². The second-order valence-corrected chi connectivity index (χ2v) is 4.96. The lowest BCUT2D eigenvalue weighted by atomic mass is 9.91. The van der Waals surface area contributed by atoms with Crippen LogP contribution in [0.1, 0.15) is 37.0 Å². The summed E-state index contributed by atoms with van der Waals surface area (Å²) in [6.45, 7) is 5.46. The third-order valence-electron chi connectivity index (χ3n) is 3.47. The molecule has 0 saturated heterocycles. The second kappa shape index (κ2) is 4.28. The van der Waals surface area contributed by atoms with E-state index in [9.17, 15) is 8.78 Å². The van der Waals surface area contributed by atoms with Gasteiger partial charge < -0.3 is 4.74 Å². The van der Waals surface area contributed by atoms with Crippen LogP contribution in [0.25, 0.3) is 0 Å². The molecule has 0 aromatic heterocycles. The molecule has 3 heteroatoms. The maximum absolute atomic E-state index is 13.8. The molecule has 17 heavy (non-hydrogen) atoms. The predicted octanol–water partition coefficient (Wildman–Crippen LogP) is 4.07. The summed E-state index contributed by atoms with van der Waals surface area (Å²) in [6.07, 6.45) is 1.69. The van der Waals surface area contributed by atoms with Gasteiger partial charge >= 0.3 is 5.92 Å². The van der Waals surface area contributed by atoms with Crippen LogP contribution in [0.4, 0.5) is 8.78 Å². The molecule has 0 saturated carbocycles. The molecule has 1 atom stereocenters. The quantitative estimate of drug-likeness (QED) is 0.774. The van der Waals surface area contributed by atoms with Crippen molar-refractivity contribution < 1.29 is 13.5 Å². The van der Waals surface area contributed by atoms with Gasteiger partial charge in [0.25, 0.3) is 0 Å². The van der Waals surface area contributed by atoms with Gasteiger partial charge in [-0.25, -0.2) is 0 Å². The zero-order valence-electron chi connectivity index (χ0n) is 10.5. The van der Waals surface area contributed by atoms with Gasteiger partial charge in [-0.15, -0.1) is 0 Å². The first kappa shape index (κ1) is 12.3. The SMILES string of the molecule is CCC(C)Cc1ccc(C)c2c1C(F)(F)CO2. The Labute approximate surface area is 101 Å². The highest BCUT2D eigenvalue weighted by atomic mass is 19.3. The van der Waals surface area contributed by atoms with Crippen LogP contribution in [0.5, 0.6) is 5.75 Å². The van der Waals surface area contributed by atoms with Gasteiger partial charge in [0.1, 0.15) is 5.75 Å². The number of alkyl halides is 2. The molecule has 0 N–H and O–H groups in total. The Bertz CT molecular complexity index is 426. The maximum atomic E-state index is 13.8. The van der Waals surface area contributed by atoms with Crippen molar-refractivity contribution in [1.29, 1.82) is 0 Å². The van der Waals surface area contributed by atoms with E-state index in [0.717, 1.165) is 17.5 Å². The predicted molar refractivity (Wildman–Crippen MR) is 63.7 cm³/mol. The molecule has 0 fully saturated rings. The number of benzene rings is 1. The summed E-state index contributed by atoms with van der Waals surface area (Å²) in [5.41, 5.74) is 1.66. The van der Waals surface area contributed by atoms with E-state index in [0.29, 0.717) is 18.1 Å². The van der Waals surface area contributed by atoms with Gasteiger partial charge in [-0.05, 0) is 30.4 Å². The van der Waals surface area contributed by atoms with Gasteiger partial charge in [-0.1, -0.05) is 32.4 Å². The molecule has 1 heterocycles. The Balaban J connectivity index is 2.45. The number of aryl methyl sites for hydroxylation is 1. The maximum Gasteiger partial charge on any atom is 0.310 e. The van der Waals surface area contributed by atoms with Crippen LogP contribution < -0.4 is 4.74 Å². The molecule has 1 aromatic rings. The Kier molecular flexibility index (Phi) is 3.11. The highest BCUT2D eigenvalue weighted by Crippen LogP contribution is 2.45. The summed E-state index contributed by atoms with van der Waals surface area (Å²) in [7, 11) is 0. The highest BCUT2D eigenvalue weighted by Gasteiger charge is 2.44. The molecular formula is C14H18F2O. The number of hydrogen-bond acceptors (Lipinski definition) is 1. The summed E-state index contributed by atoms with van der Waals surface area (Å²) in [5, 5.41) is 0. The van der Waals surface area contributed by atoms with Crippen molar-refractivity contribution in [3.8, 4) is 5.75 Å². The molecule has 1 unspecified atom stereocenters. The number of hydrogen-bond donors (Lipinski definition) is 0. The van der Waals surface area contributed by atoms with Crippen molar-refractivity contribution in [3.05, 3.63) is 28.8 Å². The minimum absolute atomic E-state index is 0.123. The minimum atomic E-state index is -2.83. The molecule has 0 spiro atoms. The van der Waals surface area contributed by atoms with Gasteiger partial charge in [0.2, 0.25) is 0 Å². The standard InChI is InChI=1S/C14H18F2O/c1-4-9(2)7-11-6-5-10(3)13-12(11)14(15,16)8-17-13/h5-6,9H,4,7-8H2,1-3H3. The average molecular weight is 240 g/mol. The first-order chi connectivity index (χ1) is 7.95. The van der Waals surface area contributed by atoms with Gasteiger partial charge in [0.15, 0.2) is 6.61 Å². The van der Waals surface area contributed by atoms with E-state index in [4.69, 9.17) is 4.74 Å². The van der Waals surface area contributed by atoms with Crippen molar-refractivity contribution in [3.63, 3.8) is 0 Å². The fraction of sp³-hybridized carbons (Fsp3) is 0.571. The van der Waals surface area contributed by atoms with E-state index < -0.39 is 12.5 Å². The van der Waals surface area contributed by atoms with E-state index in [1.807, 2.05) is 19.1 Å². The molecule has 1 aliphatic rings. The number of halogens is 2. The van der Waals surface area contributed by atoms with E-state index in [1.54, 1.807) is 0 Å². The molecule has 2 rings (SSSR count). The van der Waals surface area contributed by atoms with Gasteiger partial charge in [0, 0.05) is 0 Å². The average Bonchev–Trinajstić information content (AvgIpc) is 2.60. The molecular weight excluding hydrogens is 222 g/mol. The zero-order valence-corrected chi connectivity index (χ0v) is 10.5. The topological polar surface area (TPSA) is 9.23 Å². The fourth-order valence-corrected chi connectivity index (χ4v) is 2.24. The molecule has 1 nitrogen and oxygen atoms in total. The first-order valence-corrected chi connectivity index (χ1v) is 6.09. The summed E-state index contributed by atoms with van der Waals surface area (Å²) in [6, 6.07) is 3.70. The number of ether oxygens (including phenoxy) is 1. The normalized spacial score (nSPS) is 18.6. The van der Waals surface area contributed by atoms with Crippen molar-refractivity contribution in [2.45, 2.75) is 39.5 Å². The van der Waals surface area contributed by atoms with E-state index in [1.165, 1.54) is 0 Å². The Morgan fingerprint density at radius 1 is 1.41 bits per heavy atom. The lowest BCUT2D eigenvalue weighted by Gasteiger charge is -2.16. The van der Waals surface area contributed by atoms with Crippen molar-refractivity contribution in [2.24, 2.45) is 5.92 Å². The molecule has 0 bridgehead atoms. The Morgan fingerprint density at radius 3 is 2.76 bits per heavy atom. The van der Waals surface area contributed by atoms with E-state index in [-0.39, 0.29) is 5.56 Å². The molecule has 1 aromatic carbocycles. The molecule has 0 aliphatic carbocycles. The second-order valence-electron chi connectivity index (χ2n) is 4.96. The molecule has 1 aliphatic heterocycles. The molecule has 94 valence electrons. The highest BCUT2D eigenvalue weighted by molar-refractivity contribution is 5.51. The lowest BCUT2D eigenvalue weighted by Crippen LogP contribution is -2.17. The van der Waals surface area contributed by atoms with Crippen molar-refractivity contribution in [1.82, 2.24) is 0 Å². The summed E-state index contributed by atoms with van der Waals surface area (Å²) in [4.78, 5) is 0.